The van der Waals surface area contributed by atoms with Crippen molar-refractivity contribution >= 4 is 44.1 Å². The zero-order valence-corrected chi connectivity index (χ0v) is 27.3. The molecule has 10 nitrogen and oxygen atoms in total. The number of rotatable bonds is 7. The number of carbonyl (C=O) groups is 1. The quantitative estimate of drug-likeness (QED) is 0.180. The average molecular weight is 645 g/mol. The van der Waals surface area contributed by atoms with E-state index in [1.807, 2.05) is 55.7 Å². The van der Waals surface area contributed by atoms with Crippen molar-refractivity contribution in [3.63, 3.8) is 0 Å². The molecule has 11 heteroatoms. The molecule has 6 aromatic rings. The molecule has 2 N–H and O–H groups in total. The number of carboxylic acid groups (broad SMARTS) is 1. The number of thiazole rings is 1. The van der Waals surface area contributed by atoms with Gasteiger partial charge in [-0.2, -0.15) is 5.10 Å². The summed E-state index contributed by atoms with van der Waals surface area (Å²) >= 11 is 1.56. The molecule has 4 aliphatic rings. The normalized spacial score (nSPS) is 23.5. The Morgan fingerprint density at radius 2 is 1.81 bits per heavy atom. The first kappa shape index (κ1) is 28.6. The third-order valence-electron chi connectivity index (χ3n) is 11.0. The highest BCUT2D eigenvalue weighted by Crippen LogP contribution is 2.58. The first-order chi connectivity index (χ1) is 22.8. The molecule has 2 atom stereocenters. The van der Waals surface area contributed by atoms with E-state index in [2.05, 4.69) is 37.1 Å². The van der Waals surface area contributed by atoms with Gasteiger partial charge in [0, 0.05) is 29.6 Å². The summed E-state index contributed by atoms with van der Waals surface area (Å²) in [5.74, 6) is 2.13. The van der Waals surface area contributed by atoms with Crippen LogP contribution in [0.25, 0.3) is 38.4 Å². The van der Waals surface area contributed by atoms with E-state index in [0.717, 1.165) is 56.5 Å². The number of fused-ring (bicyclic) bond motifs is 3. The Labute approximate surface area is 275 Å². The standard InChI is InChI=1S/C36H36N8O2S/c1-20-11-30(40-35-39-27-5-3-4-6-29(27)47-35)41-42-32(20)28-18-37-33-31(34(45)46)25(9-10-43(28)33)26-17-38-44(21(26)2)19-36-14-22-7-8-23(15-36)13-24(12-22)16-36/h3-6,9-11,17-18,22-24H,7-8,12-16,19H2,1-2H3,(H,45,46)(H,39,40,41). The molecular weight excluding hydrogens is 609 g/mol. The lowest BCUT2D eigenvalue weighted by atomic mass is 9.58. The van der Waals surface area contributed by atoms with Crippen LogP contribution in [0.1, 0.15) is 66.6 Å². The number of benzene rings is 1. The molecule has 4 bridgehead atoms. The number of para-hydroxylation sites is 1. The maximum atomic E-state index is 12.8. The minimum Gasteiger partial charge on any atom is -0.478 e. The summed E-state index contributed by atoms with van der Waals surface area (Å²) in [5, 5.41) is 28.3. The van der Waals surface area contributed by atoms with Gasteiger partial charge in [-0.25, -0.2) is 14.8 Å². The third kappa shape index (κ3) is 4.81. The summed E-state index contributed by atoms with van der Waals surface area (Å²) in [6.45, 7) is 4.96. The van der Waals surface area contributed by atoms with Crippen molar-refractivity contribution in [2.24, 2.45) is 23.2 Å². The first-order valence-corrected chi connectivity index (χ1v) is 17.4. The Hall–Kier alpha value is -4.64. The van der Waals surface area contributed by atoms with Crippen LogP contribution >= 0.6 is 11.3 Å². The van der Waals surface area contributed by atoms with Gasteiger partial charge in [0.15, 0.2) is 16.6 Å². The van der Waals surface area contributed by atoms with Crippen molar-refractivity contribution in [3.8, 4) is 22.5 Å². The minimum absolute atomic E-state index is 0.160. The topological polar surface area (TPSA) is 123 Å². The number of nitrogens with zero attached hydrogens (tertiary/aromatic N) is 7. The predicted octanol–water partition coefficient (Wildman–Crippen LogP) is 7.93. The first-order valence-electron chi connectivity index (χ1n) is 16.6. The molecule has 1 aromatic carbocycles. The Morgan fingerprint density at radius 1 is 1.02 bits per heavy atom. The molecule has 0 saturated heterocycles. The van der Waals surface area contributed by atoms with Gasteiger partial charge in [0.05, 0.1) is 28.3 Å². The van der Waals surface area contributed by atoms with Gasteiger partial charge in [0.1, 0.15) is 11.3 Å². The molecule has 0 amide bonds. The van der Waals surface area contributed by atoms with Gasteiger partial charge in [-0.15, -0.1) is 10.2 Å². The van der Waals surface area contributed by atoms with Gasteiger partial charge >= 0.3 is 5.97 Å². The van der Waals surface area contributed by atoms with E-state index in [1.54, 1.807) is 21.9 Å². The number of aromatic carboxylic acids is 1. The lowest BCUT2D eigenvalue weighted by Gasteiger charge is -2.48. The fraction of sp³-hybridized carbons (Fsp3) is 0.389. The number of nitrogens with one attached hydrogen (secondary N) is 1. The molecule has 4 fully saturated rings. The summed E-state index contributed by atoms with van der Waals surface area (Å²) in [6.07, 6.45) is 14.9. The summed E-state index contributed by atoms with van der Waals surface area (Å²) in [7, 11) is 0. The number of pyridine rings is 1. The molecule has 10 rings (SSSR count). The van der Waals surface area contributed by atoms with Crippen molar-refractivity contribution in [2.45, 2.75) is 65.3 Å². The van der Waals surface area contributed by atoms with Gasteiger partial charge in [0.25, 0.3) is 0 Å². The van der Waals surface area contributed by atoms with E-state index in [-0.39, 0.29) is 5.56 Å². The van der Waals surface area contributed by atoms with Crippen LogP contribution in [0.4, 0.5) is 10.9 Å². The van der Waals surface area contributed by atoms with Gasteiger partial charge < -0.3 is 10.4 Å². The molecule has 2 unspecified atom stereocenters. The second kappa shape index (κ2) is 10.7. The molecule has 238 valence electrons. The highest BCUT2D eigenvalue weighted by molar-refractivity contribution is 7.22. The minimum atomic E-state index is -1.02. The highest BCUT2D eigenvalue weighted by atomic mass is 32.1. The Balaban J connectivity index is 1.03. The summed E-state index contributed by atoms with van der Waals surface area (Å²) in [6, 6.07) is 11.8. The second-order valence-corrected chi connectivity index (χ2v) is 15.2. The number of hydrogen-bond donors (Lipinski definition) is 2. The average Bonchev–Trinajstić information content (AvgIpc) is 3.71. The van der Waals surface area contributed by atoms with Crippen LogP contribution in [0.5, 0.6) is 0 Å². The van der Waals surface area contributed by atoms with Gasteiger partial charge in [0.2, 0.25) is 0 Å². The van der Waals surface area contributed by atoms with Crippen LogP contribution in [0.3, 0.4) is 0 Å². The maximum absolute atomic E-state index is 12.8. The monoisotopic (exact) mass is 644 g/mol. The van der Waals surface area contributed by atoms with Crippen molar-refractivity contribution in [1.82, 2.24) is 34.3 Å². The SMILES string of the molecule is Cc1cc(Nc2nc3ccccc3s2)nnc1-c1cnc2c(C(=O)O)c(-c3cnn(CC45CC6CCC(CC(C6)C4)C5)c3C)ccn12. The van der Waals surface area contributed by atoms with Crippen molar-refractivity contribution < 1.29 is 9.90 Å². The van der Waals surface area contributed by atoms with Crippen molar-refractivity contribution in [2.75, 3.05) is 5.32 Å². The van der Waals surface area contributed by atoms with E-state index < -0.39 is 5.97 Å². The van der Waals surface area contributed by atoms with Crippen LogP contribution in [0, 0.1) is 37.0 Å². The predicted molar refractivity (Wildman–Crippen MR) is 182 cm³/mol. The van der Waals surface area contributed by atoms with Gasteiger partial charge in [-0.05, 0) is 98.9 Å². The zero-order valence-electron chi connectivity index (χ0n) is 26.5. The van der Waals surface area contributed by atoms with Crippen LogP contribution in [0.2, 0.25) is 0 Å². The van der Waals surface area contributed by atoms with Crippen molar-refractivity contribution in [3.05, 3.63) is 71.8 Å². The number of anilines is 2. The smallest absolute Gasteiger partial charge is 0.340 e. The third-order valence-corrected chi connectivity index (χ3v) is 12.0. The van der Waals surface area contributed by atoms with Crippen LogP contribution in [-0.4, -0.2) is 45.4 Å². The van der Waals surface area contributed by atoms with Gasteiger partial charge in [-0.1, -0.05) is 36.3 Å². The zero-order chi connectivity index (χ0) is 31.9. The Bertz CT molecular complexity index is 2150. The number of aryl methyl sites for hydroxylation is 1. The molecule has 47 heavy (non-hydrogen) atoms. The molecule has 4 saturated carbocycles. The molecule has 4 aliphatic carbocycles. The molecule has 0 aliphatic heterocycles. The molecule has 0 radical (unpaired) electrons. The largest absolute Gasteiger partial charge is 0.478 e. The highest BCUT2D eigenvalue weighted by Gasteiger charge is 2.48. The molecule has 5 heterocycles. The van der Waals surface area contributed by atoms with E-state index in [4.69, 9.17) is 5.10 Å². The van der Waals surface area contributed by atoms with Gasteiger partial charge in [-0.3, -0.25) is 9.08 Å². The molecule has 5 aromatic heterocycles. The Morgan fingerprint density at radius 3 is 2.57 bits per heavy atom. The van der Waals surface area contributed by atoms with E-state index in [1.165, 1.54) is 44.9 Å². The number of carboxylic acids is 1. The summed E-state index contributed by atoms with van der Waals surface area (Å²) in [4.78, 5) is 22.1. The number of imidazole rings is 1. The van der Waals surface area contributed by atoms with Crippen LogP contribution < -0.4 is 5.32 Å². The number of aromatic nitrogens is 7. The van der Waals surface area contributed by atoms with E-state index >= 15 is 0 Å². The lowest BCUT2D eigenvalue weighted by Crippen LogP contribution is -2.40. The summed E-state index contributed by atoms with van der Waals surface area (Å²) in [5.41, 5.74) is 6.45. The lowest BCUT2D eigenvalue weighted by molar-refractivity contribution is 0.0169. The van der Waals surface area contributed by atoms with E-state index in [9.17, 15) is 9.90 Å². The molecular formula is C36H36N8O2S. The van der Waals surface area contributed by atoms with E-state index in [0.29, 0.717) is 33.8 Å². The van der Waals surface area contributed by atoms with Crippen LogP contribution in [-0.2, 0) is 6.54 Å². The summed E-state index contributed by atoms with van der Waals surface area (Å²) < 4.78 is 5.04. The van der Waals surface area contributed by atoms with Crippen molar-refractivity contribution in [1.29, 1.82) is 0 Å². The fourth-order valence-corrected chi connectivity index (χ4v) is 10.1. The second-order valence-electron chi connectivity index (χ2n) is 14.2. The number of hydrogen-bond acceptors (Lipinski definition) is 8. The fourth-order valence-electron chi connectivity index (χ4n) is 9.25. The van der Waals surface area contributed by atoms with Crippen LogP contribution in [0.15, 0.2) is 55.0 Å². The molecule has 0 spiro atoms. The Kier molecular flexibility index (Phi) is 6.50. The maximum Gasteiger partial charge on any atom is 0.340 e.